The van der Waals surface area contributed by atoms with Crippen LogP contribution < -0.4 is 15.4 Å². The molecule has 0 aromatic heterocycles. The first-order valence-corrected chi connectivity index (χ1v) is 11.0. The lowest BCUT2D eigenvalue weighted by Crippen LogP contribution is -2.52. The van der Waals surface area contributed by atoms with Crippen LogP contribution in [0.25, 0.3) is 0 Å². The van der Waals surface area contributed by atoms with Gasteiger partial charge in [0.25, 0.3) is 0 Å². The van der Waals surface area contributed by atoms with Crippen molar-refractivity contribution in [2.24, 2.45) is 10.9 Å². The molecule has 1 heterocycles. The predicted molar refractivity (Wildman–Crippen MR) is 139 cm³/mol. The smallest absolute Gasteiger partial charge is 0.191 e. The lowest BCUT2D eigenvalue weighted by atomic mass is 10.0. The Morgan fingerprint density at radius 1 is 1.17 bits per heavy atom. The molecular weight excluding hydrogens is 489 g/mol. The summed E-state index contributed by atoms with van der Waals surface area (Å²) in [7, 11) is 3.93. The van der Waals surface area contributed by atoms with Gasteiger partial charge in [0, 0.05) is 45.3 Å². The van der Waals surface area contributed by atoms with Gasteiger partial charge in [0.15, 0.2) is 5.96 Å². The van der Waals surface area contributed by atoms with E-state index in [1.165, 1.54) is 11.1 Å². The van der Waals surface area contributed by atoms with Gasteiger partial charge >= 0.3 is 0 Å². The molecule has 0 saturated carbocycles. The SMILES string of the molecule is CCNC(=NCC(C(C)C)N1CCN(C)CC1)NCCc1ccc(C)c(OC)c1.I. The third-order valence-electron chi connectivity index (χ3n) is 5.74. The van der Waals surface area contributed by atoms with Gasteiger partial charge in [-0.1, -0.05) is 26.0 Å². The fourth-order valence-corrected chi connectivity index (χ4v) is 3.77. The fourth-order valence-electron chi connectivity index (χ4n) is 3.77. The molecule has 1 aliphatic heterocycles. The highest BCUT2D eigenvalue weighted by Gasteiger charge is 2.24. The van der Waals surface area contributed by atoms with Crippen LogP contribution in [0.1, 0.15) is 31.9 Å². The van der Waals surface area contributed by atoms with E-state index < -0.39 is 0 Å². The minimum absolute atomic E-state index is 0. The Kier molecular flexibility index (Phi) is 12.7. The topological polar surface area (TPSA) is 52.1 Å². The van der Waals surface area contributed by atoms with Crippen LogP contribution >= 0.6 is 24.0 Å². The summed E-state index contributed by atoms with van der Waals surface area (Å²) < 4.78 is 5.44. The monoisotopic (exact) mass is 531 g/mol. The van der Waals surface area contributed by atoms with Crippen molar-refractivity contribution in [2.75, 3.05) is 60.0 Å². The van der Waals surface area contributed by atoms with Gasteiger partial charge in [-0.05, 0) is 50.4 Å². The lowest BCUT2D eigenvalue weighted by molar-refractivity contribution is 0.0925. The Morgan fingerprint density at radius 2 is 1.87 bits per heavy atom. The number of guanidine groups is 1. The molecule has 1 fully saturated rings. The van der Waals surface area contributed by atoms with Crippen LogP contribution in [-0.2, 0) is 6.42 Å². The molecule has 7 heteroatoms. The number of rotatable bonds is 9. The number of benzene rings is 1. The number of nitrogens with zero attached hydrogens (tertiary/aromatic N) is 3. The summed E-state index contributed by atoms with van der Waals surface area (Å²) in [6.07, 6.45) is 0.938. The van der Waals surface area contributed by atoms with Gasteiger partial charge in [0.1, 0.15) is 5.75 Å². The van der Waals surface area contributed by atoms with E-state index in [1.807, 2.05) is 0 Å². The van der Waals surface area contributed by atoms with Crippen molar-refractivity contribution in [1.29, 1.82) is 0 Å². The predicted octanol–water partition coefficient (Wildman–Crippen LogP) is 2.99. The van der Waals surface area contributed by atoms with Crippen molar-refractivity contribution in [3.63, 3.8) is 0 Å². The van der Waals surface area contributed by atoms with Crippen molar-refractivity contribution >= 4 is 29.9 Å². The molecule has 0 bridgehead atoms. The fraction of sp³-hybridized carbons (Fsp3) is 0.696. The molecule has 2 rings (SSSR count). The molecule has 1 aliphatic rings. The third kappa shape index (κ3) is 8.59. The quantitative estimate of drug-likeness (QED) is 0.292. The summed E-state index contributed by atoms with van der Waals surface area (Å²) in [5.74, 6) is 2.45. The highest BCUT2D eigenvalue weighted by molar-refractivity contribution is 14.0. The Labute approximate surface area is 200 Å². The standard InChI is InChI=1S/C23H41N5O.HI/c1-7-24-23(25-11-10-20-9-8-19(4)22(16-20)29-6)26-17-21(18(2)3)28-14-12-27(5)13-15-28;/h8-9,16,18,21H,7,10-15,17H2,1-6H3,(H2,24,25,26);1H. The molecule has 1 atom stereocenters. The van der Waals surface area contributed by atoms with Crippen LogP contribution in [0.3, 0.4) is 0 Å². The summed E-state index contributed by atoms with van der Waals surface area (Å²) in [4.78, 5) is 9.94. The van der Waals surface area contributed by atoms with Gasteiger partial charge in [-0.15, -0.1) is 24.0 Å². The first-order valence-electron chi connectivity index (χ1n) is 11.0. The van der Waals surface area contributed by atoms with Gasteiger partial charge in [0.2, 0.25) is 0 Å². The van der Waals surface area contributed by atoms with Gasteiger partial charge in [-0.25, -0.2) is 0 Å². The van der Waals surface area contributed by atoms with Crippen molar-refractivity contribution in [3.05, 3.63) is 29.3 Å². The van der Waals surface area contributed by atoms with E-state index in [0.717, 1.165) is 63.9 Å². The Balaban J connectivity index is 0.00000450. The third-order valence-corrected chi connectivity index (χ3v) is 5.74. The maximum Gasteiger partial charge on any atom is 0.191 e. The van der Waals surface area contributed by atoms with Gasteiger partial charge in [-0.2, -0.15) is 0 Å². The Bertz CT molecular complexity index is 644. The van der Waals surface area contributed by atoms with E-state index in [4.69, 9.17) is 9.73 Å². The van der Waals surface area contributed by atoms with E-state index in [-0.39, 0.29) is 24.0 Å². The zero-order chi connectivity index (χ0) is 21.2. The van der Waals surface area contributed by atoms with Crippen molar-refractivity contribution in [3.8, 4) is 5.75 Å². The second-order valence-electron chi connectivity index (χ2n) is 8.35. The second kappa shape index (κ2) is 14.1. The normalized spacial score (nSPS) is 16.8. The van der Waals surface area contributed by atoms with Crippen LogP contribution in [0.2, 0.25) is 0 Å². The minimum Gasteiger partial charge on any atom is -0.496 e. The molecule has 0 aliphatic carbocycles. The van der Waals surface area contributed by atoms with E-state index in [2.05, 4.69) is 73.4 Å². The Morgan fingerprint density at radius 3 is 2.47 bits per heavy atom. The molecule has 30 heavy (non-hydrogen) atoms. The number of likely N-dealkylation sites (N-methyl/N-ethyl adjacent to an activating group) is 1. The van der Waals surface area contributed by atoms with E-state index in [9.17, 15) is 0 Å². The number of hydrogen-bond donors (Lipinski definition) is 2. The number of piperazine rings is 1. The number of methoxy groups -OCH3 is 1. The number of ether oxygens (including phenoxy) is 1. The largest absolute Gasteiger partial charge is 0.496 e. The number of aryl methyl sites for hydroxylation is 1. The van der Waals surface area contributed by atoms with E-state index in [1.54, 1.807) is 7.11 Å². The Hall–Kier alpha value is -1.06. The average Bonchev–Trinajstić information content (AvgIpc) is 2.70. The average molecular weight is 532 g/mol. The number of nitrogens with one attached hydrogen (secondary N) is 2. The van der Waals surface area contributed by atoms with Crippen molar-refractivity contribution in [1.82, 2.24) is 20.4 Å². The minimum atomic E-state index is 0. The van der Waals surface area contributed by atoms with Crippen LogP contribution in [0.4, 0.5) is 0 Å². The van der Waals surface area contributed by atoms with Crippen molar-refractivity contribution in [2.45, 2.75) is 40.2 Å². The first kappa shape index (κ1) is 27.0. The van der Waals surface area contributed by atoms with Crippen LogP contribution in [0.15, 0.2) is 23.2 Å². The molecule has 172 valence electrons. The molecular formula is C23H42IN5O. The molecule has 2 N–H and O–H groups in total. The number of hydrogen-bond acceptors (Lipinski definition) is 4. The summed E-state index contributed by atoms with van der Waals surface area (Å²) in [5.41, 5.74) is 2.44. The van der Waals surface area contributed by atoms with E-state index in [0.29, 0.717) is 12.0 Å². The highest BCUT2D eigenvalue weighted by atomic mass is 127. The molecule has 1 unspecified atom stereocenters. The molecule has 0 amide bonds. The number of halogens is 1. The summed E-state index contributed by atoms with van der Waals surface area (Å²) in [6.45, 7) is 15.9. The molecule has 1 saturated heterocycles. The van der Waals surface area contributed by atoms with Gasteiger partial charge < -0.3 is 20.3 Å². The summed E-state index contributed by atoms with van der Waals surface area (Å²) in [5, 5.41) is 6.89. The second-order valence-corrected chi connectivity index (χ2v) is 8.35. The lowest BCUT2D eigenvalue weighted by Gasteiger charge is -2.39. The zero-order valence-corrected chi connectivity index (χ0v) is 22.0. The maximum atomic E-state index is 5.44. The van der Waals surface area contributed by atoms with Gasteiger partial charge in [-0.3, -0.25) is 9.89 Å². The highest BCUT2D eigenvalue weighted by Crippen LogP contribution is 2.19. The van der Waals surface area contributed by atoms with E-state index >= 15 is 0 Å². The molecule has 0 radical (unpaired) electrons. The van der Waals surface area contributed by atoms with Crippen LogP contribution in [-0.4, -0.2) is 81.8 Å². The van der Waals surface area contributed by atoms with Gasteiger partial charge in [0.05, 0.1) is 13.7 Å². The first-order chi connectivity index (χ1) is 13.9. The van der Waals surface area contributed by atoms with Crippen LogP contribution in [0, 0.1) is 12.8 Å². The molecule has 1 aromatic carbocycles. The molecule has 0 spiro atoms. The van der Waals surface area contributed by atoms with Crippen LogP contribution in [0.5, 0.6) is 5.75 Å². The number of aliphatic imine (C=N–C) groups is 1. The maximum absolute atomic E-state index is 5.44. The summed E-state index contributed by atoms with van der Waals surface area (Å²) in [6, 6.07) is 6.91. The summed E-state index contributed by atoms with van der Waals surface area (Å²) >= 11 is 0. The van der Waals surface area contributed by atoms with Crippen molar-refractivity contribution < 1.29 is 4.74 Å². The molecule has 1 aromatic rings. The molecule has 6 nitrogen and oxygen atoms in total. The zero-order valence-electron chi connectivity index (χ0n) is 19.7.